The highest BCUT2D eigenvalue weighted by Crippen LogP contribution is 2.24. The number of nitrogens with zero attached hydrogens (tertiary/aromatic N) is 3. The van der Waals surface area contributed by atoms with E-state index in [1.54, 1.807) is 0 Å². The third kappa shape index (κ3) is 4.01. The first-order valence-corrected chi connectivity index (χ1v) is 10.3. The number of aromatic nitrogens is 3. The van der Waals surface area contributed by atoms with Crippen LogP contribution in [0.15, 0.2) is 41.3 Å². The third-order valence-corrected chi connectivity index (χ3v) is 5.82. The first kappa shape index (κ1) is 19.5. The van der Waals surface area contributed by atoms with Crippen LogP contribution in [0.25, 0.3) is 11.3 Å². The fraction of sp³-hybridized carbons (Fsp3) is 0.375. The number of aryl methyl sites for hydroxylation is 1. The van der Waals surface area contributed by atoms with Gasteiger partial charge in [0, 0.05) is 43.7 Å². The Hall–Kier alpha value is -2.79. The Morgan fingerprint density at radius 2 is 2.00 bits per heavy atom. The summed E-state index contributed by atoms with van der Waals surface area (Å²) in [6.07, 6.45) is 2.77. The number of benzene rings is 1. The molecule has 0 spiro atoms. The number of pyridine rings is 1. The van der Waals surface area contributed by atoms with Gasteiger partial charge in [-0.15, -0.1) is 0 Å². The molecule has 0 amide bonds. The number of fused-ring (bicyclic) bond motifs is 1. The molecule has 2 aromatic heterocycles. The van der Waals surface area contributed by atoms with Crippen LogP contribution in [0, 0.1) is 13.8 Å². The SMILES string of the molecule is Cc1cccc(-c2ccc(CN3CCc4nc(C(C)C)[nH]c(=O)c4C3)cn2)c1C. The monoisotopic (exact) mass is 388 g/mol. The van der Waals surface area contributed by atoms with Crippen LogP contribution < -0.4 is 5.56 Å². The molecule has 5 heteroatoms. The lowest BCUT2D eigenvalue weighted by Crippen LogP contribution is -2.36. The maximum Gasteiger partial charge on any atom is 0.255 e. The van der Waals surface area contributed by atoms with Crippen molar-refractivity contribution in [3.8, 4) is 11.3 Å². The van der Waals surface area contributed by atoms with Gasteiger partial charge in [0.25, 0.3) is 5.56 Å². The second-order valence-electron chi connectivity index (χ2n) is 8.29. The summed E-state index contributed by atoms with van der Waals surface area (Å²) in [6.45, 7) is 10.7. The third-order valence-electron chi connectivity index (χ3n) is 5.82. The Kier molecular flexibility index (Phi) is 5.33. The van der Waals surface area contributed by atoms with E-state index in [4.69, 9.17) is 4.98 Å². The molecule has 1 aliphatic heterocycles. The van der Waals surface area contributed by atoms with E-state index in [2.05, 4.69) is 72.9 Å². The summed E-state index contributed by atoms with van der Waals surface area (Å²) < 4.78 is 0. The molecule has 0 saturated carbocycles. The molecular weight excluding hydrogens is 360 g/mol. The fourth-order valence-electron chi connectivity index (χ4n) is 3.87. The maximum atomic E-state index is 12.5. The van der Waals surface area contributed by atoms with Crippen LogP contribution in [0.1, 0.15) is 53.5 Å². The van der Waals surface area contributed by atoms with E-state index in [-0.39, 0.29) is 11.5 Å². The van der Waals surface area contributed by atoms with Crippen LogP contribution >= 0.6 is 0 Å². The lowest BCUT2D eigenvalue weighted by atomic mass is 10.0. The minimum Gasteiger partial charge on any atom is -0.310 e. The maximum absolute atomic E-state index is 12.5. The van der Waals surface area contributed by atoms with Gasteiger partial charge in [0.05, 0.1) is 17.0 Å². The molecule has 1 aliphatic rings. The lowest BCUT2D eigenvalue weighted by molar-refractivity contribution is 0.241. The van der Waals surface area contributed by atoms with Gasteiger partial charge < -0.3 is 4.98 Å². The fourth-order valence-corrected chi connectivity index (χ4v) is 3.87. The molecule has 0 fully saturated rings. The highest BCUT2D eigenvalue weighted by atomic mass is 16.1. The van der Waals surface area contributed by atoms with Gasteiger partial charge in [-0.05, 0) is 36.6 Å². The van der Waals surface area contributed by atoms with Crippen LogP contribution in [-0.4, -0.2) is 26.4 Å². The molecule has 0 aliphatic carbocycles. The minimum absolute atomic E-state index is 0.00629. The van der Waals surface area contributed by atoms with Crippen LogP contribution in [0.2, 0.25) is 0 Å². The first-order chi connectivity index (χ1) is 13.9. The molecule has 3 aromatic rings. The van der Waals surface area contributed by atoms with Crippen LogP contribution in [-0.2, 0) is 19.5 Å². The summed E-state index contributed by atoms with van der Waals surface area (Å²) in [6, 6.07) is 10.6. The summed E-state index contributed by atoms with van der Waals surface area (Å²) in [4.78, 5) is 27.1. The van der Waals surface area contributed by atoms with Crippen molar-refractivity contribution in [2.24, 2.45) is 0 Å². The minimum atomic E-state index is 0.00629. The molecule has 29 heavy (non-hydrogen) atoms. The molecular formula is C24H28N4O. The van der Waals surface area contributed by atoms with Crippen LogP contribution in [0.5, 0.6) is 0 Å². The Bertz CT molecular complexity index is 1080. The largest absolute Gasteiger partial charge is 0.310 e. The van der Waals surface area contributed by atoms with Crippen molar-refractivity contribution < 1.29 is 0 Å². The summed E-state index contributed by atoms with van der Waals surface area (Å²) >= 11 is 0. The van der Waals surface area contributed by atoms with Gasteiger partial charge in [0.15, 0.2) is 0 Å². The lowest BCUT2D eigenvalue weighted by Gasteiger charge is -2.28. The van der Waals surface area contributed by atoms with Gasteiger partial charge in [0.1, 0.15) is 5.82 Å². The second-order valence-corrected chi connectivity index (χ2v) is 8.29. The van der Waals surface area contributed by atoms with Crippen molar-refractivity contribution in [3.05, 3.63) is 80.7 Å². The van der Waals surface area contributed by atoms with Crippen LogP contribution in [0.3, 0.4) is 0 Å². The molecule has 1 aromatic carbocycles. The topological polar surface area (TPSA) is 61.9 Å². The number of nitrogens with one attached hydrogen (secondary N) is 1. The molecule has 5 nitrogen and oxygen atoms in total. The number of H-pyrrole nitrogens is 1. The summed E-state index contributed by atoms with van der Waals surface area (Å²) in [7, 11) is 0. The molecule has 4 rings (SSSR count). The van der Waals surface area contributed by atoms with E-state index in [1.165, 1.54) is 16.7 Å². The normalized spacial score (nSPS) is 14.2. The second kappa shape index (κ2) is 7.91. The zero-order valence-electron chi connectivity index (χ0n) is 17.6. The zero-order valence-corrected chi connectivity index (χ0v) is 17.6. The average Bonchev–Trinajstić information content (AvgIpc) is 2.71. The standard InChI is InChI=1S/C24H28N4O/c1-15(2)23-26-22-10-11-28(14-20(22)24(29)27-23)13-18-8-9-21(25-12-18)19-7-5-6-16(3)17(19)4/h5-9,12,15H,10-11,13-14H2,1-4H3,(H,26,27,29). The molecule has 1 N–H and O–H groups in total. The number of hydrogen-bond donors (Lipinski definition) is 1. The van der Waals surface area contributed by atoms with E-state index in [9.17, 15) is 4.79 Å². The Morgan fingerprint density at radius 3 is 2.72 bits per heavy atom. The summed E-state index contributed by atoms with van der Waals surface area (Å²) in [5.74, 6) is 1.01. The van der Waals surface area contributed by atoms with Crippen LogP contribution in [0.4, 0.5) is 0 Å². The predicted octanol–water partition coefficient (Wildman–Crippen LogP) is 4.13. The zero-order chi connectivity index (χ0) is 20.5. The van der Waals surface area contributed by atoms with E-state index in [0.717, 1.165) is 47.8 Å². The average molecular weight is 389 g/mol. The molecule has 150 valence electrons. The molecule has 0 atom stereocenters. The Balaban J connectivity index is 1.50. The van der Waals surface area contributed by atoms with E-state index in [1.807, 2.05) is 6.20 Å². The highest BCUT2D eigenvalue weighted by Gasteiger charge is 2.22. The van der Waals surface area contributed by atoms with Gasteiger partial charge in [-0.2, -0.15) is 0 Å². The van der Waals surface area contributed by atoms with Crippen molar-refractivity contribution in [1.29, 1.82) is 0 Å². The van der Waals surface area contributed by atoms with Crippen molar-refractivity contribution in [1.82, 2.24) is 19.9 Å². The summed E-state index contributed by atoms with van der Waals surface area (Å²) in [5.41, 5.74) is 7.66. The van der Waals surface area contributed by atoms with E-state index in [0.29, 0.717) is 6.54 Å². The van der Waals surface area contributed by atoms with Gasteiger partial charge >= 0.3 is 0 Å². The highest BCUT2D eigenvalue weighted by molar-refractivity contribution is 5.64. The molecule has 0 unspecified atom stereocenters. The van der Waals surface area contributed by atoms with Crippen molar-refractivity contribution >= 4 is 0 Å². The Morgan fingerprint density at radius 1 is 1.17 bits per heavy atom. The number of rotatable bonds is 4. The Labute approximate surface area is 171 Å². The number of aromatic amines is 1. The molecule has 3 heterocycles. The first-order valence-electron chi connectivity index (χ1n) is 10.3. The number of hydrogen-bond acceptors (Lipinski definition) is 4. The van der Waals surface area contributed by atoms with Crippen molar-refractivity contribution in [2.75, 3.05) is 6.54 Å². The smallest absolute Gasteiger partial charge is 0.255 e. The van der Waals surface area contributed by atoms with Crippen molar-refractivity contribution in [2.45, 2.75) is 53.1 Å². The van der Waals surface area contributed by atoms with E-state index >= 15 is 0 Å². The molecule has 0 radical (unpaired) electrons. The van der Waals surface area contributed by atoms with Gasteiger partial charge in [0.2, 0.25) is 0 Å². The quantitative estimate of drug-likeness (QED) is 0.730. The van der Waals surface area contributed by atoms with Gasteiger partial charge in [-0.3, -0.25) is 14.7 Å². The van der Waals surface area contributed by atoms with Gasteiger partial charge in [-0.25, -0.2) is 4.98 Å². The molecule has 0 bridgehead atoms. The van der Waals surface area contributed by atoms with Gasteiger partial charge in [-0.1, -0.05) is 38.1 Å². The van der Waals surface area contributed by atoms with E-state index < -0.39 is 0 Å². The predicted molar refractivity (Wildman–Crippen MR) is 116 cm³/mol. The van der Waals surface area contributed by atoms with Crippen molar-refractivity contribution in [3.63, 3.8) is 0 Å². The summed E-state index contributed by atoms with van der Waals surface area (Å²) in [5, 5.41) is 0. The molecule has 0 saturated heterocycles.